The van der Waals surface area contributed by atoms with Gasteiger partial charge in [-0.1, -0.05) is 32.0 Å². The fourth-order valence-corrected chi connectivity index (χ4v) is 4.34. The Morgan fingerprint density at radius 3 is 2.57 bits per heavy atom. The van der Waals surface area contributed by atoms with E-state index in [0.29, 0.717) is 36.3 Å². The van der Waals surface area contributed by atoms with Crippen molar-refractivity contribution in [2.45, 2.75) is 32.7 Å². The van der Waals surface area contributed by atoms with Gasteiger partial charge in [-0.2, -0.15) is 0 Å². The van der Waals surface area contributed by atoms with E-state index in [-0.39, 0.29) is 12.5 Å². The van der Waals surface area contributed by atoms with Gasteiger partial charge in [0.05, 0.1) is 0 Å². The van der Waals surface area contributed by atoms with E-state index < -0.39 is 17.5 Å². The summed E-state index contributed by atoms with van der Waals surface area (Å²) in [5.74, 6) is 0.522. The molecule has 28 heavy (non-hydrogen) atoms. The van der Waals surface area contributed by atoms with Crippen LogP contribution in [0.5, 0.6) is 0 Å². The number of hydrogen-bond acceptors (Lipinski definition) is 4. The summed E-state index contributed by atoms with van der Waals surface area (Å²) in [4.78, 5) is 41.1. The number of carbonyl (C=O) groups excluding carboxylic acids is 3. The first-order valence-corrected chi connectivity index (χ1v) is 9.69. The molecule has 0 radical (unpaired) electrons. The van der Waals surface area contributed by atoms with E-state index in [1.807, 2.05) is 24.3 Å². The number of amides is 4. The van der Waals surface area contributed by atoms with E-state index in [2.05, 4.69) is 19.2 Å². The van der Waals surface area contributed by atoms with Crippen molar-refractivity contribution in [3.8, 4) is 0 Å². The van der Waals surface area contributed by atoms with Crippen molar-refractivity contribution in [3.63, 3.8) is 0 Å². The molecule has 3 heterocycles. The maximum Gasteiger partial charge on any atom is 0.325 e. The van der Waals surface area contributed by atoms with Crippen LogP contribution in [0.25, 0.3) is 11.0 Å². The Kier molecular flexibility index (Phi) is 4.40. The van der Waals surface area contributed by atoms with Gasteiger partial charge in [-0.05, 0) is 37.3 Å². The highest BCUT2D eigenvalue weighted by molar-refractivity contribution is 6.09. The lowest BCUT2D eigenvalue weighted by molar-refractivity contribution is -0.140. The number of fused-ring (bicyclic) bond motifs is 1. The molecule has 1 aromatic carbocycles. The number of nitrogens with zero attached hydrogens (tertiary/aromatic N) is 2. The van der Waals surface area contributed by atoms with Crippen molar-refractivity contribution in [1.29, 1.82) is 0 Å². The zero-order valence-electron chi connectivity index (χ0n) is 16.4. The molecule has 2 aromatic rings. The molecular weight excluding hydrogens is 358 g/mol. The summed E-state index contributed by atoms with van der Waals surface area (Å²) in [6.07, 6.45) is 1.08. The fourth-order valence-electron chi connectivity index (χ4n) is 4.34. The third-order valence-corrected chi connectivity index (χ3v) is 5.71. The zero-order chi connectivity index (χ0) is 20.1. The Labute approximate surface area is 163 Å². The number of para-hydroxylation sites is 1. The molecule has 2 aliphatic rings. The van der Waals surface area contributed by atoms with E-state index in [0.717, 1.165) is 16.7 Å². The number of piperidine rings is 1. The second kappa shape index (κ2) is 6.65. The van der Waals surface area contributed by atoms with Crippen LogP contribution in [0.1, 0.15) is 33.0 Å². The number of furan rings is 1. The van der Waals surface area contributed by atoms with Crippen LogP contribution in [0.15, 0.2) is 34.7 Å². The Morgan fingerprint density at radius 2 is 1.89 bits per heavy atom. The van der Waals surface area contributed by atoms with Crippen molar-refractivity contribution in [2.75, 3.05) is 19.6 Å². The van der Waals surface area contributed by atoms with Crippen LogP contribution < -0.4 is 5.32 Å². The minimum Gasteiger partial charge on any atom is -0.458 e. The lowest BCUT2D eigenvalue weighted by atomic mass is 9.92. The number of likely N-dealkylation sites (tertiary alicyclic amines) is 1. The van der Waals surface area contributed by atoms with E-state index in [1.165, 1.54) is 0 Å². The molecule has 7 nitrogen and oxygen atoms in total. The molecule has 2 fully saturated rings. The van der Waals surface area contributed by atoms with Crippen molar-refractivity contribution in [1.82, 2.24) is 15.1 Å². The highest BCUT2D eigenvalue weighted by Crippen LogP contribution is 2.33. The maximum absolute atomic E-state index is 13.1. The van der Waals surface area contributed by atoms with Gasteiger partial charge >= 0.3 is 6.03 Å². The highest BCUT2D eigenvalue weighted by Gasteiger charge is 2.52. The van der Waals surface area contributed by atoms with Gasteiger partial charge in [-0.3, -0.25) is 14.5 Å². The second-order valence-electron chi connectivity index (χ2n) is 8.34. The predicted molar refractivity (Wildman–Crippen MR) is 103 cm³/mol. The van der Waals surface area contributed by atoms with Crippen molar-refractivity contribution >= 4 is 28.8 Å². The van der Waals surface area contributed by atoms with Crippen LogP contribution in [-0.4, -0.2) is 47.3 Å². The van der Waals surface area contributed by atoms with Crippen LogP contribution in [-0.2, 0) is 15.1 Å². The van der Waals surface area contributed by atoms with Gasteiger partial charge < -0.3 is 14.6 Å². The summed E-state index contributed by atoms with van der Waals surface area (Å²) >= 11 is 0. The van der Waals surface area contributed by atoms with E-state index in [9.17, 15) is 14.4 Å². The van der Waals surface area contributed by atoms with Crippen molar-refractivity contribution in [3.05, 3.63) is 36.1 Å². The van der Waals surface area contributed by atoms with Gasteiger partial charge in [0.15, 0.2) is 5.54 Å². The Bertz CT molecular complexity index is 909. The summed E-state index contributed by atoms with van der Waals surface area (Å²) in [6.45, 7) is 6.91. The molecule has 0 saturated carbocycles. The van der Waals surface area contributed by atoms with Gasteiger partial charge in [0.2, 0.25) is 5.91 Å². The van der Waals surface area contributed by atoms with Gasteiger partial charge in [-0.25, -0.2) is 4.79 Å². The fraction of sp³-hybridized carbons (Fsp3) is 0.476. The minimum absolute atomic E-state index is 0.198. The van der Waals surface area contributed by atoms with Gasteiger partial charge in [-0.15, -0.1) is 0 Å². The zero-order valence-corrected chi connectivity index (χ0v) is 16.4. The lowest BCUT2D eigenvalue weighted by Crippen LogP contribution is -2.48. The minimum atomic E-state index is -1.32. The Morgan fingerprint density at radius 1 is 1.21 bits per heavy atom. The summed E-state index contributed by atoms with van der Waals surface area (Å²) in [5, 5.41) is 3.56. The third-order valence-electron chi connectivity index (χ3n) is 5.71. The monoisotopic (exact) mass is 383 g/mol. The molecular formula is C21H25N3O4. The molecule has 0 unspecified atom stereocenters. The Hall–Kier alpha value is -2.83. The number of benzene rings is 1. The molecule has 2 saturated heterocycles. The van der Waals surface area contributed by atoms with Crippen LogP contribution in [0.3, 0.4) is 0 Å². The molecule has 4 amide bonds. The van der Waals surface area contributed by atoms with E-state index in [1.54, 1.807) is 17.9 Å². The molecule has 1 N–H and O–H groups in total. The average Bonchev–Trinajstić information content (AvgIpc) is 3.17. The summed E-state index contributed by atoms with van der Waals surface area (Å²) in [7, 11) is 0. The van der Waals surface area contributed by atoms with Crippen molar-refractivity contribution in [2.24, 2.45) is 11.8 Å². The van der Waals surface area contributed by atoms with E-state index >= 15 is 0 Å². The molecule has 148 valence electrons. The topological polar surface area (TPSA) is 82.9 Å². The first-order chi connectivity index (χ1) is 13.3. The standard InChI is InChI=1S/C21H25N3O4/c1-13-8-14(2)11-23(10-13)18(25)12-24-19(26)21(3,22-20(24)27)17-9-15-6-4-5-7-16(15)28-17/h4-7,9,13-14H,8,10-12H2,1-3H3,(H,22,27)/t13-,14+,21-/m1/s1. The highest BCUT2D eigenvalue weighted by atomic mass is 16.3. The number of hydrogen-bond donors (Lipinski definition) is 1. The quantitative estimate of drug-likeness (QED) is 0.826. The maximum atomic E-state index is 13.1. The van der Waals surface area contributed by atoms with Crippen LogP contribution in [0, 0.1) is 11.8 Å². The van der Waals surface area contributed by atoms with Gasteiger partial charge in [0, 0.05) is 18.5 Å². The Balaban J connectivity index is 1.54. The molecule has 7 heteroatoms. The van der Waals surface area contributed by atoms with Gasteiger partial charge in [0.25, 0.3) is 5.91 Å². The summed E-state index contributed by atoms with van der Waals surface area (Å²) in [6, 6.07) is 8.60. The molecule has 1 aromatic heterocycles. The van der Waals surface area contributed by atoms with Gasteiger partial charge in [0.1, 0.15) is 17.9 Å². The summed E-state index contributed by atoms with van der Waals surface area (Å²) in [5.41, 5.74) is -0.676. The normalized spacial score (nSPS) is 28.1. The first kappa shape index (κ1) is 18.5. The van der Waals surface area contributed by atoms with Crippen LogP contribution in [0.2, 0.25) is 0 Å². The first-order valence-electron chi connectivity index (χ1n) is 9.69. The molecule has 0 spiro atoms. The second-order valence-corrected chi connectivity index (χ2v) is 8.34. The molecule has 0 bridgehead atoms. The number of carbonyl (C=O) groups is 3. The number of imide groups is 1. The summed E-state index contributed by atoms with van der Waals surface area (Å²) < 4.78 is 5.81. The molecule has 4 rings (SSSR count). The van der Waals surface area contributed by atoms with Crippen LogP contribution >= 0.6 is 0 Å². The largest absolute Gasteiger partial charge is 0.458 e. The average molecular weight is 383 g/mol. The van der Waals surface area contributed by atoms with E-state index in [4.69, 9.17) is 4.42 Å². The lowest BCUT2D eigenvalue weighted by Gasteiger charge is -2.35. The predicted octanol–water partition coefficient (Wildman–Crippen LogP) is 2.70. The van der Waals surface area contributed by atoms with Crippen molar-refractivity contribution < 1.29 is 18.8 Å². The molecule has 3 atom stereocenters. The molecule has 2 aliphatic heterocycles. The molecule has 0 aliphatic carbocycles. The number of nitrogens with one attached hydrogen (secondary N) is 1. The smallest absolute Gasteiger partial charge is 0.325 e. The SMILES string of the molecule is C[C@@H]1C[C@H](C)CN(C(=O)CN2C(=O)N[C@](C)(c3cc4ccccc4o3)C2=O)C1. The van der Waals surface area contributed by atoms with Crippen LogP contribution in [0.4, 0.5) is 4.79 Å². The number of rotatable bonds is 3. The number of urea groups is 1. The third kappa shape index (κ3) is 3.04.